The van der Waals surface area contributed by atoms with Gasteiger partial charge >= 0.3 is 12.3 Å². The van der Waals surface area contributed by atoms with Gasteiger partial charge in [0.05, 0.1) is 7.11 Å². The molecule has 0 aromatic heterocycles. The largest absolute Gasteiger partial charge is 0.573 e. The summed E-state index contributed by atoms with van der Waals surface area (Å²) in [6, 6.07) is 5.07. The van der Waals surface area contributed by atoms with Crippen LogP contribution in [0.4, 0.5) is 13.2 Å². The van der Waals surface area contributed by atoms with Gasteiger partial charge in [0.15, 0.2) is 0 Å². The number of hydrogen-bond donors (Lipinski definition) is 0. The SMILES string of the molecule is COC(=O)/C(=C/c1ccccc1OC(F)(F)F)N=[N+]=[N-]. The van der Waals surface area contributed by atoms with Crippen LogP contribution in [-0.2, 0) is 9.53 Å². The van der Waals surface area contributed by atoms with Crippen molar-refractivity contribution in [2.24, 2.45) is 5.11 Å². The molecule has 0 heterocycles. The Labute approximate surface area is 111 Å². The fourth-order valence-electron chi connectivity index (χ4n) is 1.25. The van der Waals surface area contributed by atoms with E-state index in [0.29, 0.717) is 0 Å². The van der Waals surface area contributed by atoms with Gasteiger partial charge in [-0.25, -0.2) is 4.79 Å². The third-order valence-corrected chi connectivity index (χ3v) is 1.98. The number of esters is 1. The van der Waals surface area contributed by atoms with Gasteiger partial charge < -0.3 is 9.47 Å². The number of carbonyl (C=O) groups is 1. The molecule has 0 aliphatic rings. The van der Waals surface area contributed by atoms with Crippen molar-refractivity contribution in [1.82, 2.24) is 0 Å². The van der Waals surface area contributed by atoms with Gasteiger partial charge in [0.1, 0.15) is 11.4 Å². The van der Waals surface area contributed by atoms with Gasteiger partial charge in [-0.15, -0.1) is 13.2 Å². The number of rotatable bonds is 4. The minimum Gasteiger partial charge on any atom is -0.466 e. The molecule has 0 unspecified atom stereocenters. The summed E-state index contributed by atoms with van der Waals surface area (Å²) in [5.41, 5.74) is 7.74. The predicted octanol–water partition coefficient (Wildman–Crippen LogP) is 3.41. The van der Waals surface area contributed by atoms with Crippen molar-refractivity contribution in [3.8, 4) is 5.75 Å². The smallest absolute Gasteiger partial charge is 0.466 e. The Morgan fingerprint density at radius 2 is 2.05 bits per heavy atom. The minimum absolute atomic E-state index is 0.0855. The summed E-state index contributed by atoms with van der Waals surface area (Å²) in [5.74, 6) is -1.51. The maximum absolute atomic E-state index is 12.2. The van der Waals surface area contributed by atoms with Gasteiger partial charge in [-0.1, -0.05) is 23.3 Å². The normalized spacial score (nSPS) is 11.5. The number of methoxy groups -OCH3 is 1. The van der Waals surface area contributed by atoms with E-state index in [1.165, 1.54) is 18.2 Å². The molecule has 0 bridgehead atoms. The second-order valence-electron chi connectivity index (χ2n) is 3.30. The quantitative estimate of drug-likeness (QED) is 0.279. The minimum atomic E-state index is -4.88. The van der Waals surface area contributed by atoms with Gasteiger partial charge in [-0.2, -0.15) is 0 Å². The van der Waals surface area contributed by atoms with E-state index in [-0.39, 0.29) is 5.56 Å². The van der Waals surface area contributed by atoms with E-state index < -0.39 is 23.8 Å². The van der Waals surface area contributed by atoms with Crippen LogP contribution in [0.2, 0.25) is 0 Å². The molecule has 0 N–H and O–H groups in total. The van der Waals surface area contributed by atoms with Crippen molar-refractivity contribution in [2.45, 2.75) is 6.36 Å². The lowest BCUT2D eigenvalue weighted by molar-refractivity contribution is -0.274. The lowest BCUT2D eigenvalue weighted by Crippen LogP contribution is -2.17. The van der Waals surface area contributed by atoms with Crippen LogP contribution >= 0.6 is 0 Å². The lowest BCUT2D eigenvalue weighted by atomic mass is 10.1. The predicted molar refractivity (Wildman–Crippen MR) is 62.3 cm³/mol. The number of azide groups is 1. The summed E-state index contributed by atoms with van der Waals surface area (Å²) in [6.07, 6.45) is -3.94. The van der Waals surface area contributed by atoms with E-state index in [4.69, 9.17) is 5.53 Å². The van der Waals surface area contributed by atoms with Crippen molar-refractivity contribution >= 4 is 12.0 Å². The molecule has 106 valence electrons. The third-order valence-electron chi connectivity index (χ3n) is 1.98. The summed E-state index contributed by atoms with van der Waals surface area (Å²) in [5, 5.41) is 3.06. The van der Waals surface area contributed by atoms with E-state index in [0.717, 1.165) is 19.3 Å². The van der Waals surface area contributed by atoms with Gasteiger partial charge in [0.25, 0.3) is 0 Å². The van der Waals surface area contributed by atoms with Crippen molar-refractivity contribution < 1.29 is 27.4 Å². The highest BCUT2D eigenvalue weighted by Gasteiger charge is 2.31. The Kier molecular flexibility index (Phi) is 4.99. The zero-order valence-electron chi connectivity index (χ0n) is 10.1. The fourth-order valence-corrected chi connectivity index (χ4v) is 1.25. The number of nitrogens with zero attached hydrogens (tertiary/aromatic N) is 3. The molecule has 0 amide bonds. The first-order chi connectivity index (χ1) is 9.37. The van der Waals surface area contributed by atoms with E-state index in [1.54, 1.807) is 0 Å². The van der Waals surface area contributed by atoms with Crippen LogP contribution in [0.5, 0.6) is 5.75 Å². The molecule has 1 rings (SSSR count). The summed E-state index contributed by atoms with van der Waals surface area (Å²) >= 11 is 0. The molecular weight excluding hydrogens is 279 g/mol. The van der Waals surface area contributed by atoms with Crippen molar-refractivity contribution in [1.29, 1.82) is 0 Å². The summed E-state index contributed by atoms with van der Waals surface area (Å²) in [7, 11) is 1.04. The van der Waals surface area contributed by atoms with Crippen LogP contribution in [0.3, 0.4) is 0 Å². The fraction of sp³-hybridized carbons (Fsp3) is 0.182. The van der Waals surface area contributed by atoms with Crippen LogP contribution in [0.1, 0.15) is 5.56 Å². The molecule has 0 fully saturated rings. The van der Waals surface area contributed by atoms with Crippen LogP contribution < -0.4 is 4.74 Å². The first kappa shape index (κ1) is 15.4. The monoisotopic (exact) mass is 287 g/mol. The third kappa shape index (κ3) is 4.54. The summed E-state index contributed by atoms with van der Waals surface area (Å²) in [4.78, 5) is 13.7. The summed E-state index contributed by atoms with van der Waals surface area (Å²) in [6.45, 7) is 0. The maximum atomic E-state index is 12.2. The Hall–Kier alpha value is -2.67. The Balaban J connectivity index is 3.24. The van der Waals surface area contributed by atoms with Crippen LogP contribution in [0, 0.1) is 0 Å². The molecule has 1 aromatic rings. The number of ether oxygens (including phenoxy) is 2. The average Bonchev–Trinajstić information content (AvgIpc) is 2.37. The van der Waals surface area contributed by atoms with Crippen LogP contribution in [-0.4, -0.2) is 19.4 Å². The molecule has 0 aliphatic carbocycles. The molecule has 0 aliphatic heterocycles. The zero-order chi connectivity index (χ0) is 15.2. The topological polar surface area (TPSA) is 84.3 Å². The average molecular weight is 287 g/mol. The molecule has 0 atom stereocenters. The zero-order valence-corrected chi connectivity index (χ0v) is 10.1. The first-order valence-corrected chi connectivity index (χ1v) is 5.07. The Morgan fingerprint density at radius 3 is 2.60 bits per heavy atom. The highest BCUT2D eigenvalue weighted by atomic mass is 19.4. The lowest BCUT2D eigenvalue weighted by Gasteiger charge is -2.11. The van der Waals surface area contributed by atoms with Crippen molar-refractivity contribution in [3.63, 3.8) is 0 Å². The molecular formula is C11H8F3N3O3. The molecule has 6 nitrogen and oxygen atoms in total. The molecule has 9 heteroatoms. The first-order valence-electron chi connectivity index (χ1n) is 5.07. The van der Waals surface area contributed by atoms with Gasteiger partial charge in [-0.05, 0) is 17.7 Å². The number of para-hydroxylation sites is 1. The molecule has 0 spiro atoms. The number of alkyl halides is 3. The molecule has 20 heavy (non-hydrogen) atoms. The van der Waals surface area contributed by atoms with Crippen molar-refractivity contribution in [3.05, 3.63) is 46.0 Å². The molecule has 0 saturated carbocycles. The van der Waals surface area contributed by atoms with E-state index in [2.05, 4.69) is 19.5 Å². The van der Waals surface area contributed by atoms with E-state index in [9.17, 15) is 18.0 Å². The summed E-state index contributed by atoms with van der Waals surface area (Å²) < 4.78 is 44.8. The standard InChI is InChI=1S/C11H8F3N3O3/c1-19-10(18)8(16-17-15)6-7-4-2-3-5-9(7)20-11(12,13)14/h2-6H,1H3/b8-6-. The van der Waals surface area contributed by atoms with E-state index >= 15 is 0 Å². The van der Waals surface area contributed by atoms with Gasteiger partial charge in [0, 0.05) is 10.5 Å². The second-order valence-corrected chi connectivity index (χ2v) is 3.30. The molecule has 1 aromatic carbocycles. The van der Waals surface area contributed by atoms with Gasteiger partial charge in [0.2, 0.25) is 0 Å². The van der Waals surface area contributed by atoms with Crippen LogP contribution in [0.15, 0.2) is 35.1 Å². The number of carbonyl (C=O) groups excluding carboxylic acids is 1. The Morgan fingerprint density at radius 1 is 1.40 bits per heavy atom. The highest BCUT2D eigenvalue weighted by Crippen LogP contribution is 2.28. The number of benzene rings is 1. The molecule has 0 radical (unpaired) electrons. The maximum Gasteiger partial charge on any atom is 0.573 e. The second kappa shape index (κ2) is 6.48. The highest BCUT2D eigenvalue weighted by molar-refractivity contribution is 5.93. The number of hydrogen-bond acceptors (Lipinski definition) is 4. The molecule has 0 saturated heterocycles. The van der Waals surface area contributed by atoms with Crippen molar-refractivity contribution in [2.75, 3.05) is 7.11 Å². The number of halogens is 3. The van der Waals surface area contributed by atoms with Crippen LogP contribution in [0.25, 0.3) is 16.5 Å². The van der Waals surface area contributed by atoms with Gasteiger partial charge in [-0.3, -0.25) is 0 Å². The van der Waals surface area contributed by atoms with E-state index in [1.807, 2.05) is 0 Å². The Bertz CT molecular complexity index is 578.